The van der Waals surface area contributed by atoms with Crippen molar-refractivity contribution in [2.75, 3.05) is 0 Å². The van der Waals surface area contributed by atoms with Crippen molar-refractivity contribution in [1.29, 1.82) is 0 Å². The topological polar surface area (TPSA) is 12.9 Å². The number of unbranched alkanes of at least 4 members (excludes halogenated alkanes) is 1. The van der Waals surface area contributed by atoms with Crippen LogP contribution in [0.2, 0.25) is 0 Å². The number of nitrogens with zero attached hydrogens (tertiary/aromatic N) is 1. The summed E-state index contributed by atoms with van der Waals surface area (Å²) in [5.74, 6) is 0. The number of aromatic nitrogens is 1. The van der Waals surface area contributed by atoms with E-state index in [0.29, 0.717) is 0 Å². The van der Waals surface area contributed by atoms with Crippen LogP contribution in [0.15, 0.2) is 18.3 Å². The summed E-state index contributed by atoms with van der Waals surface area (Å²) in [5.41, 5.74) is 2.65. The lowest BCUT2D eigenvalue weighted by atomic mass is 10.1. The Labute approximate surface area is 74.8 Å². The van der Waals surface area contributed by atoms with Gasteiger partial charge in [-0.05, 0) is 37.0 Å². The number of hydrogen-bond acceptors (Lipinski definition) is 1. The Hall–Kier alpha value is -0.850. The Balaban J connectivity index is 2.60. The van der Waals surface area contributed by atoms with Crippen molar-refractivity contribution in [2.45, 2.75) is 39.5 Å². The Morgan fingerprint density at radius 1 is 1.33 bits per heavy atom. The molecule has 0 aromatic carbocycles. The average Bonchev–Trinajstić information content (AvgIpc) is 2.15. The molecular weight excluding hydrogens is 146 g/mol. The molecule has 0 bridgehead atoms. The minimum atomic E-state index is 1.11. The van der Waals surface area contributed by atoms with Crippen molar-refractivity contribution in [1.82, 2.24) is 4.98 Å². The van der Waals surface area contributed by atoms with Crippen LogP contribution in [0.25, 0.3) is 0 Å². The molecule has 1 heteroatoms. The molecule has 0 amide bonds. The van der Waals surface area contributed by atoms with Crippen molar-refractivity contribution in [3.63, 3.8) is 0 Å². The summed E-state index contributed by atoms with van der Waals surface area (Å²) in [7, 11) is 0. The zero-order chi connectivity index (χ0) is 8.81. The minimum Gasteiger partial charge on any atom is -0.261 e. The average molecular weight is 163 g/mol. The summed E-state index contributed by atoms with van der Waals surface area (Å²) in [6.07, 6.45) is 6.66. The number of pyridine rings is 1. The molecule has 0 saturated carbocycles. The maximum Gasteiger partial charge on any atom is 0.0406 e. The second kappa shape index (κ2) is 4.91. The quantitative estimate of drug-likeness (QED) is 0.665. The predicted octanol–water partition coefficient (Wildman–Crippen LogP) is 2.99. The Bertz CT molecular complexity index is 230. The van der Waals surface area contributed by atoms with Gasteiger partial charge in [-0.3, -0.25) is 4.98 Å². The van der Waals surface area contributed by atoms with E-state index in [1.807, 2.05) is 6.20 Å². The number of rotatable bonds is 4. The summed E-state index contributed by atoms with van der Waals surface area (Å²) in [6, 6.07) is 4.31. The summed E-state index contributed by atoms with van der Waals surface area (Å²) < 4.78 is 0. The van der Waals surface area contributed by atoms with Crippen LogP contribution in [0, 0.1) is 0 Å². The summed E-state index contributed by atoms with van der Waals surface area (Å²) in [6.45, 7) is 4.39. The normalized spacial score (nSPS) is 10.2. The molecule has 1 rings (SSSR count). The third-order valence-electron chi connectivity index (χ3n) is 2.08. The van der Waals surface area contributed by atoms with E-state index in [1.54, 1.807) is 0 Å². The lowest BCUT2D eigenvalue weighted by Crippen LogP contribution is -1.91. The van der Waals surface area contributed by atoms with E-state index in [2.05, 4.69) is 31.0 Å². The third kappa shape index (κ3) is 2.65. The van der Waals surface area contributed by atoms with Gasteiger partial charge in [-0.2, -0.15) is 0 Å². The van der Waals surface area contributed by atoms with Gasteiger partial charge in [-0.1, -0.05) is 20.3 Å². The highest BCUT2D eigenvalue weighted by Gasteiger charge is 1.94. The molecule has 1 aromatic heterocycles. The molecule has 0 atom stereocenters. The standard InChI is InChI=1S/C11H17N/c1-3-5-6-11-9-10(4-2)7-8-12-11/h7-9H,3-6H2,1-2H3. The molecule has 0 aliphatic heterocycles. The fourth-order valence-corrected chi connectivity index (χ4v) is 1.24. The van der Waals surface area contributed by atoms with Gasteiger partial charge in [-0.15, -0.1) is 0 Å². The zero-order valence-electron chi connectivity index (χ0n) is 8.01. The van der Waals surface area contributed by atoms with Crippen LogP contribution in [0.1, 0.15) is 37.9 Å². The molecule has 0 aliphatic rings. The van der Waals surface area contributed by atoms with E-state index in [1.165, 1.54) is 24.1 Å². The molecule has 0 N–H and O–H groups in total. The highest BCUT2D eigenvalue weighted by molar-refractivity contribution is 5.16. The molecule has 1 nitrogen and oxygen atoms in total. The van der Waals surface area contributed by atoms with Gasteiger partial charge in [-0.25, -0.2) is 0 Å². The van der Waals surface area contributed by atoms with E-state index in [4.69, 9.17) is 0 Å². The molecule has 0 radical (unpaired) electrons. The van der Waals surface area contributed by atoms with Crippen LogP contribution >= 0.6 is 0 Å². The van der Waals surface area contributed by atoms with Crippen molar-refractivity contribution < 1.29 is 0 Å². The van der Waals surface area contributed by atoms with E-state index >= 15 is 0 Å². The second-order valence-corrected chi connectivity index (χ2v) is 3.11. The molecule has 66 valence electrons. The van der Waals surface area contributed by atoms with Crippen molar-refractivity contribution >= 4 is 0 Å². The van der Waals surface area contributed by atoms with E-state index in [0.717, 1.165) is 12.8 Å². The summed E-state index contributed by atoms with van der Waals surface area (Å²) in [4.78, 5) is 4.32. The van der Waals surface area contributed by atoms with Crippen LogP contribution in [0.3, 0.4) is 0 Å². The number of aryl methyl sites for hydroxylation is 2. The zero-order valence-corrected chi connectivity index (χ0v) is 8.01. The van der Waals surface area contributed by atoms with Gasteiger partial charge < -0.3 is 0 Å². The lowest BCUT2D eigenvalue weighted by Gasteiger charge is -2.00. The van der Waals surface area contributed by atoms with Gasteiger partial charge in [0.15, 0.2) is 0 Å². The first-order chi connectivity index (χ1) is 5.86. The van der Waals surface area contributed by atoms with Gasteiger partial charge in [0, 0.05) is 11.9 Å². The maximum absolute atomic E-state index is 4.32. The second-order valence-electron chi connectivity index (χ2n) is 3.11. The van der Waals surface area contributed by atoms with Gasteiger partial charge in [0.05, 0.1) is 0 Å². The number of hydrogen-bond donors (Lipinski definition) is 0. The van der Waals surface area contributed by atoms with Gasteiger partial charge in [0.2, 0.25) is 0 Å². The Morgan fingerprint density at radius 2 is 2.17 bits per heavy atom. The first kappa shape index (κ1) is 9.24. The largest absolute Gasteiger partial charge is 0.261 e. The Kier molecular flexibility index (Phi) is 3.78. The molecule has 0 saturated heterocycles. The van der Waals surface area contributed by atoms with Crippen molar-refractivity contribution in [3.8, 4) is 0 Å². The minimum absolute atomic E-state index is 1.11. The maximum atomic E-state index is 4.32. The highest BCUT2D eigenvalue weighted by Crippen LogP contribution is 2.05. The van der Waals surface area contributed by atoms with Crippen LogP contribution in [-0.2, 0) is 12.8 Å². The van der Waals surface area contributed by atoms with Crippen LogP contribution in [-0.4, -0.2) is 4.98 Å². The van der Waals surface area contributed by atoms with Crippen molar-refractivity contribution in [2.24, 2.45) is 0 Å². The van der Waals surface area contributed by atoms with E-state index in [-0.39, 0.29) is 0 Å². The summed E-state index contributed by atoms with van der Waals surface area (Å²) >= 11 is 0. The smallest absolute Gasteiger partial charge is 0.0406 e. The van der Waals surface area contributed by atoms with Gasteiger partial charge >= 0.3 is 0 Å². The third-order valence-corrected chi connectivity index (χ3v) is 2.08. The SMILES string of the molecule is CCCCc1cc(CC)ccn1. The van der Waals surface area contributed by atoms with Crippen LogP contribution in [0.5, 0.6) is 0 Å². The molecule has 12 heavy (non-hydrogen) atoms. The summed E-state index contributed by atoms with van der Waals surface area (Å²) in [5, 5.41) is 0. The molecule has 0 unspecified atom stereocenters. The molecule has 0 spiro atoms. The lowest BCUT2D eigenvalue weighted by molar-refractivity contribution is 0.775. The van der Waals surface area contributed by atoms with Crippen LogP contribution < -0.4 is 0 Å². The van der Waals surface area contributed by atoms with Crippen LogP contribution in [0.4, 0.5) is 0 Å². The fraction of sp³-hybridized carbons (Fsp3) is 0.545. The fourth-order valence-electron chi connectivity index (χ4n) is 1.24. The van der Waals surface area contributed by atoms with Gasteiger partial charge in [0.1, 0.15) is 0 Å². The van der Waals surface area contributed by atoms with E-state index < -0.39 is 0 Å². The molecule has 0 aliphatic carbocycles. The van der Waals surface area contributed by atoms with E-state index in [9.17, 15) is 0 Å². The molecule has 1 heterocycles. The Morgan fingerprint density at radius 3 is 2.83 bits per heavy atom. The predicted molar refractivity (Wildman–Crippen MR) is 52.2 cm³/mol. The first-order valence-electron chi connectivity index (χ1n) is 4.80. The first-order valence-corrected chi connectivity index (χ1v) is 4.80. The van der Waals surface area contributed by atoms with Crippen molar-refractivity contribution in [3.05, 3.63) is 29.6 Å². The molecule has 1 aromatic rings. The molecule has 0 fully saturated rings. The monoisotopic (exact) mass is 163 g/mol. The molecular formula is C11H17N. The highest BCUT2D eigenvalue weighted by atomic mass is 14.7. The van der Waals surface area contributed by atoms with Gasteiger partial charge in [0.25, 0.3) is 0 Å².